The molecule has 2 saturated carbocycles. The van der Waals surface area contributed by atoms with Gasteiger partial charge in [0, 0.05) is 55.0 Å². The predicted molar refractivity (Wildman–Crippen MR) is 157 cm³/mol. The van der Waals surface area contributed by atoms with E-state index in [-0.39, 0.29) is 43.1 Å². The van der Waals surface area contributed by atoms with Crippen molar-refractivity contribution in [2.45, 2.75) is 77.3 Å². The molecule has 10 nitrogen and oxygen atoms in total. The molecule has 14 heteroatoms. The van der Waals surface area contributed by atoms with Crippen LogP contribution in [0, 0.1) is 37.8 Å². The number of nitro benzene ring substituents is 1. The molecule has 2 aromatic heterocycles. The third-order valence-corrected chi connectivity index (χ3v) is 7.79. The second kappa shape index (κ2) is 11.5. The number of rotatable bonds is 7. The molecule has 2 fully saturated rings. The monoisotopic (exact) mass is 616 g/mol. The lowest BCUT2D eigenvalue weighted by Crippen LogP contribution is -2.44. The molecule has 4 aromatic rings. The summed E-state index contributed by atoms with van der Waals surface area (Å²) in [6.45, 7) is 7.18. The Balaban J connectivity index is 0.000000175. The molecule has 234 valence electrons. The molecule has 0 atom stereocenters. The second-order valence-electron chi connectivity index (χ2n) is 11.4. The predicted octanol–water partition coefficient (Wildman–Crippen LogP) is 7.83. The van der Waals surface area contributed by atoms with Gasteiger partial charge in [-0.1, -0.05) is 22.4 Å². The fraction of sp³-hybridized carbons (Fsp3) is 0.400. The summed E-state index contributed by atoms with van der Waals surface area (Å²) < 4.78 is 61.7. The second-order valence-corrected chi connectivity index (χ2v) is 11.4. The van der Waals surface area contributed by atoms with Gasteiger partial charge in [0.25, 0.3) is 17.5 Å². The molecular weight excluding hydrogens is 584 g/mol. The van der Waals surface area contributed by atoms with Gasteiger partial charge >= 0.3 is 0 Å². The Labute approximate surface area is 250 Å². The number of hydrogen-bond donors (Lipinski definition) is 3. The highest BCUT2D eigenvalue weighted by molar-refractivity contribution is 5.78. The third kappa shape index (κ3) is 6.48. The lowest BCUT2D eigenvalue weighted by Gasteiger charge is -2.36. The summed E-state index contributed by atoms with van der Waals surface area (Å²) >= 11 is 0. The number of nitrogens with two attached hydrogens (primary N) is 1. The van der Waals surface area contributed by atoms with Crippen LogP contribution in [0.15, 0.2) is 45.4 Å². The molecule has 44 heavy (non-hydrogen) atoms. The standard InChI is InChI=1S/C15H15F2N3O3.C15H17F2N3O/c1-8-14(9(2)23-19-8)10-3-4-12(13(5-10)20(21)22)18-11-6-15(16,17)7-11;1-8-14(9(2)21-20-8)10-3-4-13(12(18)5-10)19-11-6-15(16,17)7-11/h3-5,11,18H,6-7H2,1-2H3;3-5,11,19H,6-7,18H2,1-2H3. The number of halogens is 4. The van der Waals surface area contributed by atoms with Crippen molar-refractivity contribution in [3.8, 4) is 22.3 Å². The Bertz CT molecular complexity index is 1650. The third-order valence-electron chi connectivity index (χ3n) is 7.79. The van der Waals surface area contributed by atoms with Crippen LogP contribution in [0.25, 0.3) is 22.3 Å². The van der Waals surface area contributed by atoms with Crippen molar-refractivity contribution >= 4 is 22.7 Å². The number of nitro groups is 1. The summed E-state index contributed by atoms with van der Waals surface area (Å²) in [6.07, 6.45) is -0.901. The zero-order valence-electron chi connectivity index (χ0n) is 24.5. The van der Waals surface area contributed by atoms with Crippen LogP contribution in [0.5, 0.6) is 0 Å². The minimum Gasteiger partial charge on any atom is -0.397 e. The van der Waals surface area contributed by atoms with E-state index in [0.717, 1.165) is 22.6 Å². The first-order valence-corrected chi connectivity index (χ1v) is 14.0. The molecular formula is C30H32F4N6O4. The SMILES string of the molecule is Cc1noc(C)c1-c1ccc(NC2CC(F)(F)C2)c(N)c1.Cc1noc(C)c1-c1ccc(NC2CC(F)(F)C2)c([N+](=O)[O-])c1. The van der Waals surface area contributed by atoms with Gasteiger partial charge in [-0.2, -0.15) is 0 Å². The van der Waals surface area contributed by atoms with E-state index >= 15 is 0 Å². The molecule has 2 heterocycles. The van der Waals surface area contributed by atoms with Crippen molar-refractivity contribution in [2.24, 2.45) is 0 Å². The first-order chi connectivity index (χ1) is 20.6. The summed E-state index contributed by atoms with van der Waals surface area (Å²) in [7, 11) is 0. The Kier molecular flexibility index (Phi) is 8.03. The van der Waals surface area contributed by atoms with Crippen LogP contribution in [0.1, 0.15) is 48.6 Å². The van der Waals surface area contributed by atoms with Crippen LogP contribution in [0.2, 0.25) is 0 Å². The minimum atomic E-state index is -2.68. The molecule has 6 rings (SSSR count). The molecule has 2 aromatic carbocycles. The maximum absolute atomic E-state index is 12.9. The quantitative estimate of drug-likeness (QED) is 0.0818. The van der Waals surface area contributed by atoms with Crippen molar-refractivity contribution < 1.29 is 31.5 Å². The number of hydrogen-bond acceptors (Lipinski definition) is 9. The van der Waals surface area contributed by atoms with Gasteiger partial charge in [-0.3, -0.25) is 10.1 Å². The molecule has 0 saturated heterocycles. The first kappa shape index (κ1) is 30.8. The number of benzene rings is 2. The van der Waals surface area contributed by atoms with Crippen LogP contribution >= 0.6 is 0 Å². The highest BCUT2D eigenvalue weighted by Gasteiger charge is 2.46. The normalized spacial score (nSPS) is 17.2. The van der Waals surface area contributed by atoms with Crippen molar-refractivity contribution in [3.05, 3.63) is 69.4 Å². The smallest absolute Gasteiger partial charge is 0.292 e. The fourth-order valence-corrected chi connectivity index (χ4v) is 5.57. The van der Waals surface area contributed by atoms with Gasteiger partial charge < -0.3 is 25.4 Å². The summed E-state index contributed by atoms with van der Waals surface area (Å²) in [6, 6.07) is 9.49. The van der Waals surface area contributed by atoms with Crippen molar-refractivity contribution in [1.82, 2.24) is 10.3 Å². The molecule has 2 aliphatic rings. The van der Waals surface area contributed by atoms with Gasteiger partial charge in [0.05, 0.1) is 27.7 Å². The van der Waals surface area contributed by atoms with Crippen molar-refractivity contribution in [2.75, 3.05) is 16.4 Å². The van der Waals surface area contributed by atoms with Gasteiger partial charge in [-0.05, 0) is 57.0 Å². The topological polar surface area (TPSA) is 145 Å². The molecule has 2 aliphatic carbocycles. The van der Waals surface area contributed by atoms with Gasteiger partial charge in [-0.25, -0.2) is 17.6 Å². The first-order valence-electron chi connectivity index (χ1n) is 14.0. The number of alkyl halides is 4. The maximum atomic E-state index is 12.9. The minimum absolute atomic E-state index is 0.141. The molecule has 0 spiro atoms. The van der Waals surface area contributed by atoms with E-state index in [1.165, 1.54) is 12.1 Å². The summed E-state index contributed by atoms with van der Waals surface area (Å²) in [5.74, 6) is -3.92. The van der Waals surface area contributed by atoms with E-state index in [4.69, 9.17) is 14.8 Å². The largest absolute Gasteiger partial charge is 0.397 e. The molecule has 0 bridgehead atoms. The average Bonchev–Trinajstić information content (AvgIpc) is 3.43. The average molecular weight is 617 g/mol. The van der Waals surface area contributed by atoms with E-state index in [2.05, 4.69) is 20.9 Å². The Morgan fingerprint density at radius 2 is 1.23 bits per heavy atom. The van der Waals surface area contributed by atoms with E-state index in [1.54, 1.807) is 19.9 Å². The maximum Gasteiger partial charge on any atom is 0.292 e. The van der Waals surface area contributed by atoms with Gasteiger partial charge in [0.1, 0.15) is 17.2 Å². The molecule has 4 N–H and O–H groups in total. The molecule has 0 aliphatic heterocycles. The zero-order valence-corrected chi connectivity index (χ0v) is 24.5. The van der Waals surface area contributed by atoms with Crippen LogP contribution in [0.3, 0.4) is 0 Å². The van der Waals surface area contributed by atoms with Crippen molar-refractivity contribution in [3.63, 3.8) is 0 Å². The van der Waals surface area contributed by atoms with E-state index in [9.17, 15) is 27.7 Å². The molecule has 0 unspecified atom stereocenters. The van der Waals surface area contributed by atoms with E-state index in [1.807, 2.05) is 32.0 Å². The Morgan fingerprint density at radius 1 is 0.795 bits per heavy atom. The lowest BCUT2D eigenvalue weighted by atomic mass is 9.88. The van der Waals surface area contributed by atoms with Crippen LogP contribution in [0.4, 0.5) is 40.3 Å². The van der Waals surface area contributed by atoms with Gasteiger partial charge in [-0.15, -0.1) is 0 Å². The Hall–Kier alpha value is -4.62. The van der Waals surface area contributed by atoms with Gasteiger partial charge in [0.2, 0.25) is 0 Å². The van der Waals surface area contributed by atoms with Crippen LogP contribution < -0.4 is 16.4 Å². The molecule has 0 amide bonds. The van der Waals surface area contributed by atoms with E-state index < -0.39 is 22.8 Å². The number of anilines is 3. The number of aromatic nitrogens is 2. The Morgan fingerprint density at radius 3 is 1.61 bits per heavy atom. The highest BCUT2D eigenvalue weighted by Crippen LogP contribution is 2.42. The summed E-state index contributed by atoms with van der Waals surface area (Å²) in [5, 5.41) is 24.9. The highest BCUT2D eigenvalue weighted by atomic mass is 19.3. The van der Waals surface area contributed by atoms with Crippen molar-refractivity contribution in [1.29, 1.82) is 0 Å². The van der Waals surface area contributed by atoms with E-state index in [0.29, 0.717) is 34.0 Å². The lowest BCUT2D eigenvalue weighted by molar-refractivity contribution is -0.384. The molecule has 0 radical (unpaired) electrons. The number of nitrogens with one attached hydrogen (secondary N) is 2. The number of nitrogen functional groups attached to an aromatic ring is 1. The van der Waals surface area contributed by atoms with Gasteiger partial charge in [0.15, 0.2) is 0 Å². The number of nitrogens with zero attached hydrogens (tertiary/aromatic N) is 3. The van der Waals surface area contributed by atoms with Crippen LogP contribution in [-0.2, 0) is 0 Å². The van der Waals surface area contributed by atoms with Crippen LogP contribution in [-0.4, -0.2) is 39.2 Å². The summed E-state index contributed by atoms with van der Waals surface area (Å²) in [5.41, 5.74) is 11.9. The summed E-state index contributed by atoms with van der Waals surface area (Å²) in [4.78, 5) is 10.8. The number of aryl methyl sites for hydroxylation is 4. The fourth-order valence-electron chi connectivity index (χ4n) is 5.57. The zero-order chi connectivity index (χ0) is 32.0.